The molecular weight excluding hydrogens is 198 g/mol. The number of ether oxygens (including phenoxy) is 2. The third-order valence-corrected chi connectivity index (χ3v) is 2.42. The molecule has 2 atom stereocenters. The number of carbonyl (C=O) groups is 1. The van der Waals surface area contributed by atoms with E-state index in [9.17, 15) is 9.90 Å². The van der Waals surface area contributed by atoms with E-state index in [-0.39, 0.29) is 5.97 Å². The Hall–Kier alpha value is -0.650. The van der Waals surface area contributed by atoms with Crippen LogP contribution in [0.2, 0.25) is 0 Å². The molecule has 1 aliphatic rings. The van der Waals surface area contributed by atoms with Crippen molar-refractivity contribution in [3.05, 3.63) is 0 Å². The molecule has 0 bridgehead atoms. The van der Waals surface area contributed by atoms with Gasteiger partial charge < -0.3 is 14.6 Å². The zero-order valence-corrected chi connectivity index (χ0v) is 9.31. The van der Waals surface area contributed by atoms with E-state index in [4.69, 9.17) is 9.47 Å². The molecule has 5 nitrogen and oxygen atoms in total. The third kappa shape index (κ3) is 3.44. The van der Waals surface area contributed by atoms with Crippen LogP contribution in [-0.4, -0.2) is 61.0 Å². The minimum atomic E-state index is -0.720. The van der Waals surface area contributed by atoms with E-state index in [1.54, 1.807) is 13.8 Å². The Labute approximate surface area is 90.0 Å². The van der Waals surface area contributed by atoms with Crippen LogP contribution in [0.15, 0.2) is 0 Å². The number of hydrogen-bond acceptors (Lipinski definition) is 5. The fourth-order valence-corrected chi connectivity index (χ4v) is 1.73. The van der Waals surface area contributed by atoms with Crippen LogP contribution < -0.4 is 0 Å². The van der Waals surface area contributed by atoms with Crippen molar-refractivity contribution in [2.45, 2.75) is 26.0 Å². The molecule has 1 aliphatic heterocycles. The monoisotopic (exact) mass is 217 g/mol. The molecule has 0 saturated carbocycles. The van der Waals surface area contributed by atoms with Gasteiger partial charge in [0.15, 0.2) is 0 Å². The first-order valence-corrected chi connectivity index (χ1v) is 5.33. The molecule has 2 unspecified atom stereocenters. The van der Waals surface area contributed by atoms with Crippen LogP contribution in [0.3, 0.4) is 0 Å². The van der Waals surface area contributed by atoms with Gasteiger partial charge in [-0.3, -0.25) is 9.69 Å². The molecule has 0 amide bonds. The van der Waals surface area contributed by atoms with Gasteiger partial charge in [0.05, 0.1) is 25.9 Å². The number of aliphatic hydroxyl groups is 1. The van der Waals surface area contributed by atoms with Gasteiger partial charge in [0, 0.05) is 13.1 Å². The van der Waals surface area contributed by atoms with E-state index in [0.717, 1.165) is 0 Å². The second-order valence-electron chi connectivity index (χ2n) is 3.59. The van der Waals surface area contributed by atoms with Gasteiger partial charge in [0.25, 0.3) is 0 Å². The lowest BCUT2D eigenvalue weighted by atomic mass is 10.1. The van der Waals surface area contributed by atoms with Crippen molar-refractivity contribution >= 4 is 5.97 Å². The molecule has 0 radical (unpaired) electrons. The summed E-state index contributed by atoms with van der Waals surface area (Å²) in [5, 5.41) is 9.58. The SMILES string of the molecule is CCOC(=O)C(C(C)O)N1CCOCC1. The van der Waals surface area contributed by atoms with Crippen LogP contribution in [0.25, 0.3) is 0 Å². The fraction of sp³-hybridized carbons (Fsp3) is 0.900. The summed E-state index contributed by atoms with van der Waals surface area (Å²) in [6, 6.07) is -0.561. The fourth-order valence-electron chi connectivity index (χ4n) is 1.73. The van der Waals surface area contributed by atoms with Crippen LogP contribution in [0.4, 0.5) is 0 Å². The standard InChI is InChI=1S/C10H19NO4/c1-3-15-10(13)9(8(2)12)11-4-6-14-7-5-11/h8-9,12H,3-7H2,1-2H3. The summed E-state index contributed by atoms with van der Waals surface area (Å²) in [5.41, 5.74) is 0. The molecule has 88 valence electrons. The molecule has 1 fully saturated rings. The number of rotatable bonds is 4. The molecule has 1 N–H and O–H groups in total. The summed E-state index contributed by atoms with van der Waals surface area (Å²) in [6.07, 6.45) is -0.720. The topological polar surface area (TPSA) is 59.0 Å². The summed E-state index contributed by atoms with van der Waals surface area (Å²) in [7, 11) is 0. The molecule has 15 heavy (non-hydrogen) atoms. The Morgan fingerprint density at radius 2 is 2.13 bits per heavy atom. The highest BCUT2D eigenvalue weighted by molar-refractivity contribution is 5.76. The van der Waals surface area contributed by atoms with Crippen LogP contribution in [0, 0.1) is 0 Å². The first-order chi connectivity index (χ1) is 7.16. The summed E-state index contributed by atoms with van der Waals surface area (Å²) < 4.78 is 10.1. The Balaban J connectivity index is 2.59. The molecule has 0 aliphatic carbocycles. The Morgan fingerprint density at radius 3 is 2.60 bits per heavy atom. The third-order valence-electron chi connectivity index (χ3n) is 2.42. The molecule has 5 heteroatoms. The van der Waals surface area contributed by atoms with Gasteiger partial charge in [-0.1, -0.05) is 0 Å². The van der Waals surface area contributed by atoms with Gasteiger partial charge in [-0.05, 0) is 13.8 Å². The maximum absolute atomic E-state index is 11.6. The number of hydrogen-bond donors (Lipinski definition) is 1. The maximum Gasteiger partial charge on any atom is 0.326 e. The lowest BCUT2D eigenvalue weighted by Crippen LogP contribution is -2.52. The molecule has 0 spiro atoms. The summed E-state index contributed by atoms with van der Waals surface area (Å²) in [5.74, 6) is -0.352. The van der Waals surface area contributed by atoms with E-state index in [2.05, 4.69) is 0 Å². The molecule has 0 aromatic carbocycles. The van der Waals surface area contributed by atoms with Crippen molar-refractivity contribution in [2.75, 3.05) is 32.9 Å². The summed E-state index contributed by atoms with van der Waals surface area (Å²) in [4.78, 5) is 13.5. The predicted octanol–water partition coefficient (Wildman–Crippen LogP) is -0.369. The highest BCUT2D eigenvalue weighted by Crippen LogP contribution is 2.10. The van der Waals surface area contributed by atoms with Crippen molar-refractivity contribution in [1.29, 1.82) is 0 Å². The molecular formula is C10H19NO4. The average Bonchev–Trinajstić information content (AvgIpc) is 2.19. The normalized spacial score (nSPS) is 22.1. The van der Waals surface area contributed by atoms with Gasteiger partial charge in [0.1, 0.15) is 6.04 Å². The van der Waals surface area contributed by atoms with Gasteiger partial charge in [0.2, 0.25) is 0 Å². The minimum absolute atomic E-state index is 0.340. The zero-order chi connectivity index (χ0) is 11.3. The van der Waals surface area contributed by atoms with Gasteiger partial charge in [-0.15, -0.1) is 0 Å². The molecule has 0 aromatic rings. The first kappa shape index (κ1) is 12.4. The number of morpholine rings is 1. The van der Waals surface area contributed by atoms with E-state index >= 15 is 0 Å². The smallest absolute Gasteiger partial charge is 0.326 e. The number of nitrogens with zero attached hydrogens (tertiary/aromatic N) is 1. The van der Waals surface area contributed by atoms with Gasteiger partial charge in [-0.25, -0.2) is 0 Å². The minimum Gasteiger partial charge on any atom is -0.465 e. The quantitative estimate of drug-likeness (QED) is 0.651. The largest absolute Gasteiger partial charge is 0.465 e. The van der Waals surface area contributed by atoms with Crippen molar-refractivity contribution in [1.82, 2.24) is 4.90 Å². The molecule has 0 aromatic heterocycles. The summed E-state index contributed by atoms with van der Waals surface area (Å²) in [6.45, 7) is 6.23. The van der Waals surface area contributed by atoms with Crippen LogP contribution >= 0.6 is 0 Å². The van der Waals surface area contributed by atoms with Crippen LogP contribution in [0.1, 0.15) is 13.8 Å². The van der Waals surface area contributed by atoms with E-state index < -0.39 is 12.1 Å². The van der Waals surface area contributed by atoms with Crippen LogP contribution in [0.5, 0.6) is 0 Å². The van der Waals surface area contributed by atoms with Gasteiger partial charge >= 0.3 is 5.97 Å². The first-order valence-electron chi connectivity index (χ1n) is 5.33. The molecule has 1 heterocycles. The second kappa shape index (κ2) is 6.05. The lowest BCUT2D eigenvalue weighted by molar-refractivity contribution is -0.156. The van der Waals surface area contributed by atoms with E-state index in [1.807, 2.05) is 4.90 Å². The Kier molecular flexibility index (Phi) is 5.01. The molecule has 1 rings (SSSR count). The van der Waals surface area contributed by atoms with E-state index in [1.165, 1.54) is 0 Å². The second-order valence-corrected chi connectivity index (χ2v) is 3.59. The van der Waals surface area contributed by atoms with Gasteiger partial charge in [-0.2, -0.15) is 0 Å². The Morgan fingerprint density at radius 1 is 1.53 bits per heavy atom. The predicted molar refractivity (Wildman–Crippen MR) is 54.5 cm³/mol. The van der Waals surface area contributed by atoms with Crippen LogP contribution in [-0.2, 0) is 14.3 Å². The molecule has 1 saturated heterocycles. The average molecular weight is 217 g/mol. The van der Waals surface area contributed by atoms with Crippen molar-refractivity contribution in [3.8, 4) is 0 Å². The maximum atomic E-state index is 11.6. The highest BCUT2D eigenvalue weighted by atomic mass is 16.5. The zero-order valence-electron chi connectivity index (χ0n) is 9.31. The van der Waals surface area contributed by atoms with Crippen molar-refractivity contribution in [2.24, 2.45) is 0 Å². The van der Waals surface area contributed by atoms with E-state index in [0.29, 0.717) is 32.9 Å². The van der Waals surface area contributed by atoms with Crippen molar-refractivity contribution < 1.29 is 19.4 Å². The van der Waals surface area contributed by atoms with Crippen molar-refractivity contribution in [3.63, 3.8) is 0 Å². The lowest BCUT2D eigenvalue weighted by Gasteiger charge is -2.34. The summed E-state index contributed by atoms with van der Waals surface area (Å²) >= 11 is 0. The number of esters is 1. The number of carbonyl (C=O) groups excluding carboxylic acids is 1. The highest BCUT2D eigenvalue weighted by Gasteiger charge is 2.32. The number of aliphatic hydroxyl groups excluding tert-OH is 1. The Bertz CT molecular complexity index is 202.